The fourth-order valence-electron chi connectivity index (χ4n) is 3.20. The third-order valence-electron chi connectivity index (χ3n) is 4.67. The van der Waals surface area contributed by atoms with Crippen LogP contribution in [0.4, 0.5) is 0 Å². The van der Waals surface area contributed by atoms with Crippen molar-refractivity contribution in [1.82, 2.24) is 9.55 Å². The van der Waals surface area contributed by atoms with Crippen LogP contribution in [0.3, 0.4) is 0 Å². The van der Waals surface area contributed by atoms with Crippen molar-refractivity contribution in [3.05, 3.63) is 82.4 Å². The Kier molecular flexibility index (Phi) is 4.78. The monoisotopic (exact) mass is 389 g/mol. The van der Waals surface area contributed by atoms with E-state index < -0.39 is 0 Å². The summed E-state index contributed by atoms with van der Waals surface area (Å²) in [5.41, 5.74) is 1.70. The number of rotatable bonds is 5. The minimum absolute atomic E-state index is 0.0360. The van der Waals surface area contributed by atoms with Gasteiger partial charge in [0.2, 0.25) is 5.88 Å². The zero-order valence-electron chi connectivity index (χ0n) is 15.7. The summed E-state index contributed by atoms with van der Waals surface area (Å²) in [4.78, 5) is 19.1. The second-order valence-electron chi connectivity index (χ2n) is 6.51. The number of ether oxygens (including phenoxy) is 1. The zero-order valence-corrected chi connectivity index (χ0v) is 15.7. The molecule has 0 amide bonds. The Hall–Kier alpha value is -4.00. The van der Waals surface area contributed by atoms with Crippen LogP contribution in [0.5, 0.6) is 17.4 Å². The van der Waals surface area contributed by atoms with Crippen LogP contribution >= 0.6 is 0 Å². The van der Waals surface area contributed by atoms with Gasteiger partial charge in [0.1, 0.15) is 0 Å². The minimum atomic E-state index is -0.367. The molecule has 0 saturated carbocycles. The predicted molar refractivity (Wildman–Crippen MR) is 112 cm³/mol. The molecule has 0 radical (unpaired) electrons. The second kappa shape index (κ2) is 7.55. The number of aromatic amines is 1. The smallest absolute Gasteiger partial charge is 0.258 e. The molecule has 29 heavy (non-hydrogen) atoms. The van der Waals surface area contributed by atoms with Crippen molar-refractivity contribution in [2.75, 3.05) is 7.11 Å². The quantitative estimate of drug-likeness (QED) is 0.456. The van der Waals surface area contributed by atoms with Crippen LogP contribution in [0.25, 0.3) is 16.5 Å². The Morgan fingerprint density at radius 3 is 2.62 bits per heavy atom. The van der Waals surface area contributed by atoms with Crippen LogP contribution in [0.1, 0.15) is 11.1 Å². The minimum Gasteiger partial charge on any atom is -0.504 e. The number of nitrogens with zero attached hydrogens (tertiary/aromatic N) is 2. The van der Waals surface area contributed by atoms with Crippen molar-refractivity contribution in [3.8, 4) is 23.1 Å². The lowest BCUT2D eigenvalue weighted by Gasteiger charge is -2.08. The number of H-pyrrole nitrogens is 1. The summed E-state index contributed by atoms with van der Waals surface area (Å²) in [5, 5.41) is 21.3. The molecule has 4 rings (SSSR count). The Morgan fingerprint density at radius 2 is 1.90 bits per heavy atom. The highest BCUT2D eigenvalue weighted by Gasteiger charge is 2.11. The molecular weight excluding hydrogens is 370 g/mol. The van der Waals surface area contributed by atoms with Gasteiger partial charge in [0.15, 0.2) is 11.5 Å². The maximum absolute atomic E-state index is 12.2. The van der Waals surface area contributed by atoms with E-state index in [2.05, 4.69) is 9.98 Å². The van der Waals surface area contributed by atoms with Gasteiger partial charge in [-0.05, 0) is 48.0 Å². The molecule has 0 fully saturated rings. The number of fused-ring (bicyclic) bond motifs is 1. The summed E-state index contributed by atoms with van der Waals surface area (Å²) in [7, 11) is 1.49. The second-order valence-corrected chi connectivity index (χ2v) is 6.51. The van der Waals surface area contributed by atoms with Crippen molar-refractivity contribution in [2.24, 2.45) is 4.99 Å². The van der Waals surface area contributed by atoms with Gasteiger partial charge in [-0.2, -0.15) is 0 Å². The number of phenols is 1. The molecule has 0 bridgehead atoms. The molecule has 7 nitrogen and oxygen atoms in total. The molecule has 0 aliphatic rings. The lowest BCUT2D eigenvalue weighted by Crippen LogP contribution is -2.08. The van der Waals surface area contributed by atoms with Crippen LogP contribution in [0.2, 0.25) is 0 Å². The van der Waals surface area contributed by atoms with E-state index >= 15 is 0 Å². The van der Waals surface area contributed by atoms with Gasteiger partial charge < -0.3 is 19.5 Å². The molecule has 0 spiro atoms. The number of phenolic OH excluding ortho intramolecular Hbond substituents is 1. The van der Waals surface area contributed by atoms with Crippen molar-refractivity contribution in [2.45, 2.75) is 6.54 Å². The average Bonchev–Trinajstić information content (AvgIpc) is 3.25. The van der Waals surface area contributed by atoms with Crippen molar-refractivity contribution in [3.63, 3.8) is 0 Å². The average molecular weight is 389 g/mol. The summed E-state index contributed by atoms with van der Waals surface area (Å²) in [6, 6.07) is 14.3. The first-order chi connectivity index (χ1) is 14.1. The standard InChI is InChI=1S/C22H19N3O4/c1-29-20-7-4-14(10-19(20)26)12-23-13-18-17-11-15(25-8-2-3-9-25)5-6-16(17)21(27)24-22(18)28/h2-11,13,26H,12H2,1H3,(H2,24,27,28). The summed E-state index contributed by atoms with van der Waals surface area (Å²) < 4.78 is 6.95. The van der Waals surface area contributed by atoms with Crippen molar-refractivity contribution >= 4 is 17.0 Å². The zero-order chi connectivity index (χ0) is 20.4. The van der Waals surface area contributed by atoms with Crippen LogP contribution in [0.15, 0.2) is 70.7 Å². The van der Waals surface area contributed by atoms with Gasteiger partial charge in [-0.15, -0.1) is 0 Å². The number of hydrogen-bond donors (Lipinski definition) is 3. The first kappa shape index (κ1) is 18.4. The number of nitrogens with one attached hydrogen (secondary N) is 1. The molecule has 2 aromatic carbocycles. The SMILES string of the molecule is COc1ccc(CN=Cc2c(O)[nH]c(=O)c3ccc(-n4cccc4)cc23)cc1O. The summed E-state index contributed by atoms with van der Waals surface area (Å²) in [6.45, 7) is 0.287. The summed E-state index contributed by atoms with van der Waals surface area (Å²) >= 11 is 0. The fraction of sp³-hybridized carbons (Fsp3) is 0.0909. The van der Waals surface area contributed by atoms with Gasteiger partial charge >= 0.3 is 0 Å². The molecule has 0 aliphatic carbocycles. The van der Waals surface area contributed by atoms with Gasteiger partial charge in [-0.3, -0.25) is 14.8 Å². The number of methoxy groups -OCH3 is 1. The Labute approximate surface area is 166 Å². The van der Waals surface area contributed by atoms with E-state index in [0.717, 1.165) is 11.3 Å². The number of aliphatic imine (C=N–C) groups is 1. The lowest BCUT2D eigenvalue weighted by molar-refractivity contribution is 0.373. The van der Waals surface area contributed by atoms with Crippen LogP contribution in [-0.2, 0) is 6.54 Å². The highest BCUT2D eigenvalue weighted by atomic mass is 16.5. The number of hydrogen-bond acceptors (Lipinski definition) is 5. The first-order valence-electron chi connectivity index (χ1n) is 8.95. The third kappa shape index (κ3) is 3.58. The molecule has 2 heterocycles. The molecule has 2 aromatic heterocycles. The van der Waals surface area contributed by atoms with Crippen LogP contribution < -0.4 is 10.3 Å². The number of pyridine rings is 1. The molecule has 7 heteroatoms. The van der Waals surface area contributed by atoms with Gasteiger partial charge in [0.25, 0.3) is 5.56 Å². The number of aromatic hydroxyl groups is 2. The van der Waals surface area contributed by atoms with Crippen LogP contribution in [-0.4, -0.2) is 33.1 Å². The topological polar surface area (TPSA) is 99.8 Å². The van der Waals surface area contributed by atoms with Gasteiger partial charge in [0.05, 0.1) is 19.2 Å². The van der Waals surface area contributed by atoms with Gasteiger partial charge in [-0.1, -0.05) is 6.07 Å². The van der Waals surface area contributed by atoms with E-state index in [4.69, 9.17) is 4.74 Å². The number of aromatic nitrogens is 2. The third-order valence-corrected chi connectivity index (χ3v) is 4.67. The van der Waals surface area contributed by atoms with Crippen LogP contribution in [0, 0.1) is 0 Å². The molecular formula is C22H19N3O4. The molecule has 3 N–H and O–H groups in total. The maximum Gasteiger partial charge on any atom is 0.258 e. The summed E-state index contributed by atoms with van der Waals surface area (Å²) in [5.74, 6) is 0.182. The maximum atomic E-state index is 12.2. The van der Waals surface area contributed by atoms with E-state index in [1.54, 1.807) is 24.3 Å². The molecule has 4 aromatic rings. The number of benzene rings is 2. The van der Waals surface area contributed by atoms with E-state index in [9.17, 15) is 15.0 Å². The van der Waals surface area contributed by atoms with E-state index in [1.165, 1.54) is 13.3 Å². The van der Waals surface area contributed by atoms with Gasteiger partial charge in [0, 0.05) is 35.1 Å². The lowest BCUT2D eigenvalue weighted by atomic mass is 10.1. The van der Waals surface area contributed by atoms with Crippen molar-refractivity contribution < 1.29 is 14.9 Å². The molecule has 0 atom stereocenters. The molecule has 0 saturated heterocycles. The first-order valence-corrected chi connectivity index (χ1v) is 8.95. The highest BCUT2D eigenvalue weighted by Crippen LogP contribution is 2.27. The Morgan fingerprint density at radius 1 is 1.10 bits per heavy atom. The van der Waals surface area contributed by atoms with E-state index in [1.807, 2.05) is 41.2 Å². The largest absolute Gasteiger partial charge is 0.504 e. The normalized spacial score (nSPS) is 11.3. The molecule has 146 valence electrons. The highest BCUT2D eigenvalue weighted by molar-refractivity contribution is 6.02. The molecule has 0 unspecified atom stereocenters. The van der Waals surface area contributed by atoms with Crippen molar-refractivity contribution in [1.29, 1.82) is 0 Å². The fourth-order valence-corrected chi connectivity index (χ4v) is 3.20. The van der Waals surface area contributed by atoms with E-state index in [-0.39, 0.29) is 23.7 Å². The summed E-state index contributed by atoms with van der Waals surface area (Å²) in [6.07, 6.45) is 5.32. The Bertz CT molecular complexity index is 1260. The van der Waals surface area contributed by atoms with E-state index in [0.29, 0.717) is 22.1 Å². The Balaban J connectivity index is 1.72. The molecule has 0 aliphatic heterocycles. The van der Waals surface area contributed by atoms with Gasteiger partial charge in [-0.25, -0.2) is 0 Å². The predicted octanol–water partition coefficient (Wildman–Crippen LogP) is 3.36.